The Labute approximate surface area is 118 Å². The Hall–Kier alpha value is -1.55. The van der Waals surface area contributed by atoms with Gasteiger partial charge in [-0.05, 0) is 37.1 Å². The Morgan fingerprint density at radius 2 is 1.79 bits per heavy atom. The molecule has 0 saturated heterocycles. The summed E-state index contributed by atoms with van der Waals surface area (Å²) in [6.45, 7) is 3.20. The lowest BCUT2D eigenvalue weighted by molar-refractivity contribution is -0.121. The van der Waals surface area contributed by atoms with E-state index in [1.807, 2.05) is 6.92 Å². The van der Waals surface area contributed by atoms with Gasteiger partial charge in [-0.1, -0.05) is 18.5 Å². The van der Waals surface area contributed by atoms with Crippen molar-refractivity contribution in [1.82, 2.24) is 10.6 Å². The summed E-state index contributed by atoms with van der Waals surface area (Å²) in [5, 5.41) is 6.16. The summed E-state index contributed by atoms with van der Waals surface area (Å²) in [6, 6.07) is 6.70. The van der Waals surface area contributed by atoms with Crippen LogP contribution in [0.2, 0.25) is 5.02 Å². The average Bonchev–Trinajstić information content (AvgIpc) is 2.41. The summed E-state index contributed by atoms with van der Waals surface area (Å²) in [7, 11) is 0. The topological polar surface area (TPSA) is 58.2 Å². The molecule has 4 nitrogen and oxygen atoms in total. The van der Waals surface area contributed by atoms with Crippen LogP contribution in [0.5, 0.6) is 0 Å². The van der Waals surface area contributed by atoms with Crippen LogP contribution in [0.3, 0.4) is 0 Å². The molecule has 0 spiro atoms. The highest BCUT2D eigenvalue weighted by Crippen LogP contribution is 2.09. The van der Waals surface area contributed by atoms with Crippen molar-refractivity contribution in [2.45, 2.75) is 26.2 Å². The number of carbonyl (C=O) groups is 2. The van der Waals surface area contributed by atoms with Crippen molar-refractivity contribution in [3.8, 4) is 0 Å². The maximum absolute atomic E-state index is 11.7. The third kappa shape index (κ3) is 6.25. The van der Waals surface area contributed by atoms with E-state index in [1.54, 1.807) is 24.3 Å². The molecule has 0 radical (unpaired) electrons. The minimum Gasteiger partial charge on any atom is -0.356 e. The van der Waals surface area contributed by atoms with Gasteiger partial charge in [0.1, 0.15) is 0 Å². The van der Waals surface area contributed by atoms with E-state index in [-0.39, 0.29) is 11.8 Å². The molecular formula is C14H19ClN2O2. The van der Waals surface area contributed by atoms with Gasteiger partial charge in [-0.25, -0.2) is 0 Å². The van der Waals surface area contributed by atoms with Crippen molar-refractivity contribution >= 4 is 23.4 Å². The summed E-state index contributed by atoms with van der Waals surface area (Å²) in [5.74, 6) is -0.117. The van der Waals surface area contributed by atoms with E-state index in [1.165, 1.54) is 0 Å². The van der Waals surface area contributed by atoms with E-state index >= 15 is 0 Å². The van der Waals surface area contributed by atoms with E-state index < -0.39 is 0 Å². The number of hydrogen-bond donors (Lipinski definition) is 2. The molecule has 0 aromatic heterocycles. The summed E-state index contributed by atoms with van der Waals surface area (Å²) in [5.41, 5.74) is 0.569. The summed E-state index contributed by atoms with van der Waals surface area (Å²) in [4.78, 5) is 23.0. The molecule has 1 aromatic rings. The first-order valence-corrected chi connectivity index (χ1v) is 6.81. The fourth-order valence-corrected chi connectivity index (χ4v) is 1.63. The van der Waals surface area contributed by atoms with E-state index in [0.717, 1.165) is 6.42 Å². The third-order valence-corrected chi connectivity index (χ3v) is 2.80. The van der Waals surface area contributed by atoms with Crippen molar-refractivity contribution in [1.29, 1.82) is 0 Å². The van der Waals surface area contributed by atoms with Crippen LogP contribution in [0.1, 0.15) is 36.5 Å². The molecule has 0 unspecified atom stereocenters. The monoisotopic (exact) mass is 282 g/mol. The Kier molecular flexibility index (Phi) is 6.97. The molecule has 104 valence electrons. The lowest BCUT2D eigenvalue weighted by Crippen LogP contribution is -2.27. The second-order valence-electron chi connectivity index (χ2n) is 4.22. The van der Waals surface area contributed by atoms with Crippen molar-refractivity contribution in [2.24, 2.45) is 0 Å². The summed E-state index contributed by atoms with van der Waals surface area (Å²) >= 11 is 5.74. The molecule has 2 N–H and O–H groups in total. The lowest BCUT2D eigenvalue weighted by atomic mass is 10.2. The molecule has 19 heavy (non-hydrogen) atoms. The Bertz CT molecular complexity index is 418. The van der Waals surface area contributed by atoms with E-state index in [4.69, 9.17) is 11.6 Å². The molecule has 0 aliphatic rings. The highest BCUT2D eigenvalue weighted by molar-refractivity contribution is 6.30. The van der Waals surface area contributed by atoms with E-state index in [9.17, 15) is 9.59 Å². The Balaban J connectivity index is 2.20. The SMILES string of the molecule is CCCNC(=O)CCCNC(=O)c1ccc(Cl)cc1. The molecule has 0 aliphatic heterocycles. The summed E-state index contributed by atoms with van der Waals surface area (Å²) < 4.78 is 0. The first-order chi connectivity index (χ1) is 9.13. The van der Waals surface area contributed by atoms with Crippen molar-refractivity contribution < 1.29 is 9.59 Å². The van der Waals surface area contributed by atoms with Crippen LogP contribution in [0.15, 0.2) is 24.3 Å². The molecule has 0 aliphatic carbocycles. The van der Waals surface area contributed by atoms with Gasteiger partial charge in [-0.2, -0.15) is 0 Å². The Morgan fingerprint density at radius 3 is 2.42 bits per heavy atom. The van der Waals surface area contributed by atoms with Gasteiger partial charge >= 0.3 is 0 Å². The van der Waals surface area contributed by atoms with Crippen LogP contribution < -0.4 is 10.6 Å². The zero-order chi connectivity index (χ0) is 14.1. The van der Waals surface area contributed by atoms with Crippen molar-refractivity contribution in [2.75, 3.05) is 13.1 Å². The van der Waals surface area contributed by atoms with Crippen LogP contribution in [-0.4, -0.2) is 24.9 Å². The normalized spacial score (nSPS) is 10.0. The number of amides is 2. The first-order valence-electron chi connectivity index (χ1n) is 6.44. The number of hydrogen-bond acceptors (Lipinski definition) is 2. The zero-order valence-electron chi connectivity index (χ0n) is 11.0. The minimum atomic E-state index is -0.148. The molecule has 0 atom stereocenters. The van der Waals surface area contributed by atoms with Gasteiger partial charge in [0.25, 0.3) is 5.91 Å². The fraction of sp³-hybridized carbons (Fsp3) is 0.429. The summed E-state index contributed by atoms with van der Waals surface area (Å²) in [6.07, 6.45) is 1.99. The van der Waals surface area contributed by atoms with E-state index in [0.29, 0.717) is 36.5 Å². The smallest absolute Gasteiger partial charge is 0.251 e. The quantitative estimate of drug-likeness (QED) is 0.755. The molecule has 0 saturated carbocycles. The van der Waals surface area contributed by atoms with Crippen molar-refractivity contribution in [3.63, 3.8) is 0 Å². The average molecular weight is 283 g/mol. The number of benzene rings is 1. The number of halogens is 1. The maximum Gasteiger partial charge on any atom is 0.251 e. The van der Waals surface area contributed by atoms with Crippen molar-refractivity contribution in [3.05, 3.63) is 34.9 Å². The first kappa shape index (κ1) is 15.5. The highest BCUT2D eigenvalue weighted by atomic mass is 35.5. The lowest BCUT2D eigenvalue weighted by Gasteiger charge is -2.06. The predicted octanol–water partition coefficient (Wildman–Crippen LogP) is 2.38. The standard InChI is InChI=1S/C14H19ClN2O2/c1-2-9-16-13(18)4-3-10-17-14(19)11-5-7-12(15)8-6-11/h5-8H,2-4,9-10H2,1H3,(H,16,18)(H,17,19). The molecular weight excluding hydrogens is 264 g/mol. The molecule has 0 bridgehead atoms. The predicted molar refractivity (Wildman–Crippen MR) is 76.3 cm³/mol. The molecule has 1 aromatic carbocycles. The highest BCUT2D eigenvalue weighted by Gasteiger charge is 2.05. The van der Waals surface area contributed by atoms with Crippen LogP contribution >= 0.6 is 11.6 Å². The largest absolute Gasteiger partial charge is 0.356 e. The van der Waals surface area contributed by atoms with Gasteiger partial charge in [0.05, 0.1) is 0 Å². The Morgan fingerprint density at radius 1 is 1.11 bits per heavy atom. The second kappa shape index (κ2) is 8.53. The van der Waals surface area contributed by atoms with Gasteiger partial charge in [0.15, 0.2) is 0 Å². The third-order valence-electron chi connectivity index (χ3n) is 2.54. The molecule has 1 rings (SSSR count). The second-order valence-corrected chi connectivity index (χ2v) is 4.65. The molecule has 0 heterocycles. The molecule has 5 heteroatoms. The fourth-order valence-electron chi connectivity index (χ4n) is 1.51. The van der Waals surface area contributed by atoms with Crippen LogP contribution in [0.4, 0.5) is 0 Å². The molecule has 0 fully saturated rings. The van der Waals surface area contributed by atoms with Gasteiger partial charge in [0.2, 0.25) is 5.91 Å². The van der Waals surface area contributed by atoms with Gasteiger partial charge < -0.3 is 10.6 Å². The minimum absolute atomic E-state index is 0.0302. The van der Waals surface area contributed by atoms with Crippen LogP contribution in [0, 0.1) is 0 Å². The zero-order valence-corrected chi connectivity index (χ0v) is 11.8. The van der Waals surface area contributed by atoms with E-state index in [2.05, 4.69) is 10.6 Å². The molecule has 2 amide bonds. The van der Waals surface area contributed by atoms with Gasteiger partial charge in [-0.15, -0.1) is 0 Å². The van der Waals surface area contributed by atoms with Crippen LogP contribution in [-0.2, 0) is 4.79 Å². The number of carbonyl (C=O) groups excluding carboxylic acids is 2. The van der Waals surface area contributed by atoms with Gasteiger partial charge in [-0.3, -0.25) is 9.59 Å². The van der Waals surface area contributed by atoms with Crippen LogP contribution in [0.25, 0.3) is 0 Å². The van der Waals surface area contributed by atoms with Gasteiger partial charge in [0, 0.05) is 30.1 Å². The number of nitrogens with one attached hydrogen (secondary N) is 2. The number of rotatable bonds is 7. The maximum atomic E-state index is 11.7.